The number of likely N-dealkylation sites (tertiary alicyclic amines) is 1. The third kappa shape index (κ3) is 5.23. The van der Waals surface area contributed by atoms with E-state index in [2.05, 4.69) is 22.5 Å². The lowest BCUT2D eigenvalue weighted by Crippen LogP contribution is -2.41. The molecule has 2 N–H and O–H groups in total. The smallest absolute Gasteiger partial charge is 0.238 e. The van der Waals surface area contributed by atoms with Gasteiger partial charge in [-0.15, -0.1) is 0 Å². The number of anilines is 1. The monoisotopic (exact) mass is 327 g/mol. The molecule has 0 bridgehead atoms. The normalized spacial score (nSPS) is 16.7. The maximum atomic E-state index is 13.1. The fourth-order valence-corrected chi connectivity index (χ4v) is 2.86. The van der Waals surface area contributed by atoms with Crippen molar-refractivity contribution in [3.05, 3.63) is 29.0 Å². The Morgan fingerprint density at radius 1 is 1.41 bits per heavy atom. The van der Waals surface area contributed by atoms with E-state index >= 15 is 0 Å². The lowest BCUT2D eigenvalue weighted by Gasteiger charge is -2.31. The summed E-state index contributed by atoms with van der Waals surface area (Å²) >= 11 is 5.70. The molecule has 1 aromatic carbocycles. The van der Waals surface area contributed by atoms with Gasteiger partial charge in [0, 0.05) is 5.69 Å². The molecular formula is C16H23ClFN3O. The number of nitrogens with one attached hydrogen (secondary N) is 2. The Hall–Kier alpha value is -1.17. The molecule has 6 heteroatoms. The summed E-state index contributed by atoms with van der Waals surface area (Å²) < 4.78 is 13.1. The van der Waals surface area contributed by atoms with Crippen molar-refractivity contribution in [2.45, 2.75) is 19.8 Å². The lowest BCUT2D eigenvalue weighted by atomic mass is 9.97. The van der Waals surface area contributed by atoms with E-state index in [0.717, 1.165) is 39.0 Å². The van der Waals surface area contributed by atoms with Crippen molar-refractivity contribution in [2.24, 2.45) is 5.92 Å². The molecule has 1 amide bonds. The van der Waals surface area contributed by atoms with Gasteiger partial charge in [-0.05, 0) is 63.1 Å². The Labute approximate surface area is 136 Å². The molecule has 1 aliphatic heterocycles. The molecule has 1 saturated heterocycles. The molecule has 0 radical (unpaired) electrons. The molecule has 1 fully saturated rings. The Kier molecular flexibility index (Phi) is 6.61. The molecule has 1 aromatic rings. The lowest BCUT2D eigenvalue weighted by molar-refractivity contribution is -0.117. The average molecular weight is 328 g/mol. The summed E-state index contributed by atoms with van der Waals surface area (Å²) in [5, 5.41) is 6.15. The van der Waals surface area contributed by atoms with Gasteiger partial charge in [-0.1, -0.05) is 18.5 Å². The second-order valence-electron chi connectivity index (χ2n) is 5.70. The molecule has 0 atom stereocenters. The number of benzene rings is 1. The standard InChI is InChI=1S/C16H23ClFN3O/c1-2-19-10-12-5-7-21(8-6-12)11-16(22)20-13-3-4-15(18)14(17)9-13/h3-4,9,12,19H,2,5-8,10-11H2,1H3,(H,20,22). The van der Waals surface area contributed by atoms with Crippen molar-refractivity contribution in [2.75, 3.05) is 38.0 Å². The number of hydrogen-bond acceptors (Lipinski definition) is 3. The minimum atomic E-state index is -0.484. The zero-order valence-corrected chi connectivity index (χ0v) is 13.6. The average Bonchev–Trinajstić information content (AvgIpc) is 2.50. The maximum absolute atomic E-state index is 13.1. The second kappa shape index (κ2) is 8.46. The number of amides is 1. The molecule has 0 aromatic heterocycles. The molecule has 122 valence electrons. The van der Waals surface area contributed by atoms with Crippen LogP contribution in [0.25, 0.3) is 0 Å². The summed E-state index contributed by atoms with van der Waals surface area (Å²) in [5.74, 6) is 0.130. The molecule has 4 nitrogen and oxygen atoms in total. The van der Waals surface area contributed by atoms with E-state index in [4.69, 9.17) is 11.6 Å². The van der Waals surface area contributed by atoms with Crippen LogP contribution >= 0.6 is 11.6 Å². The number of rotatable bonds is 6. The Balaban J connectivity index is 1.75. The van der Waals surface area contributed by atoms with Gasteiger partial charge in [0.15, 0.2) is 0 Å². The zero-order chi connectivity index (χ0) is 15.9. The van der Waals surface area contributed by atoms with E-state index in [-0.39, 0.29) is 10.9 Å². The van der Waals surface area contributed by atoms with E-state index in [9.17, 15) is 9.18 Å². The predicted molar refractivity (Wildman–Crippen MR) is 87.7 cm³/mol. The molecule has 0 saturated carbocycles. The highest BCUT2D eigenvalue weighted by atomic mass is 35.5. The Bertz CT molecular complexity index is 504. The second-order valence-corrected chi connectivity index (χ2v) is 6.11. The molecule has 22 heavy (non-hydrogen) atoms. The summed E-state index contributed by atoms with van der Waals surface area (Å²) in [7, 11) is 0. The van der Waals surface area contributed by atoms with Crippen LogP contribution in [0.15, 0.2) is 18.2 Å². The molecule has 1 heterocycles. The van der Waals surface area contributed by atoms with E-state index in [1.807, 2.05) is 0 Å². The van der Waals surface area contributed by atoms with Gasteiger partial charge in [0.1, 0.15) is 5.82 Å². The number of carbonyl (C=O) groups excluding carboxylic acids is 1. The van der Waals surface area contributed by atoms with Crippen LogP contribution in [0, 0.1) is 11.7 Å². The van der Waals surface area contributed by atoms with E-state index in [1.165, 1.54) is 18.2 Å². The van der Waals surface area contributed by atoms with Gasteiger partial charge in [-0.2, -0.15) is 0 Å². The fourth-order valence-electron chi connectivity index (χ4n) is 2.67. The number of halogens is 2. The van der Waals surface area contributed by atoms with Gasteiger partial charge in [0.05, 0.1) is 11.6 Å². The third-order valence-corrected chi connectivity index (χ3v) is 4.25. The highest BCUT2D eigenvalue weighted by Gasteiger charge is 2.20. The van der Waals surface area contributed by atoms with Crippen LogP contribution in [0.2, 0.25) is 5.02 Å². The SMILES string of the molecule is CCNCC1CCN(CC(=O)Nc2ccc(F)c(Cl)c2)CC1. The van der Waals surface area contributed by atoms with Crippen molar-refractivity contribution < 1.29 is 9.18 Å². The first kappa shape index (κ1) is 17.2. The predicted octanol–water partition coefficient (Wildman–Crippen LogP) is 2.74. The Morgan fingerprint density at radius 2 is 2.14 bits per heavy atom. The van der Waals surface area contributed by atoms with Crippen LogP contribution in [-0.4, -0.2) is 43.5 Å². The molecule has 2 rings (SSSR count). The summed E-state index contributed by atoms with van der Waals surface area (Å²) in [5.41, 5.74) is 0.526. The minimum Gasteiger partial charge on any atom is -0.325 e. The van der Waals surface area contributed by atoms with Crippen LogP contribution in [-0.2, 0) is 4.79 Å². The first-order valence-electron chi connectivity index (χ1n) is 7.76. The number of carbonyl (C=O) groups is 1. The zero-order valence-electron chi connectivity index (χ0n) is 12.9. The van der Waals surface area contributed by atoms with E-state index < -0.39 is 5.82 Å². The van der Waals surface area contributed by atoms with Crippen molar-refractivity contribution >= 4 is 23.2 Å². The van der Waals surface area contributed by atoms with Crippen LogP contribution in [0.5, 0.6) is 0 Å². The highest BCUT2D eigenvalue weighted by Crippen LogP contribution is 2.20. The topological polar surface area (TPSA) is 44.4 Å². The quantitative estimate of drug-likeness (QED) is 0.844. The molecule has 0 aliphatic carbocycles. The van der Waals surface area contributed by atoms with Crippen molar-refractivity contribution in [3.8, 4) is 0 Å². The van der Waals surface area contributed by atoms with Crippen LogP contribution < -0.4 is 10.6 Å². The molecule has 1 aliphatic rings. The van der Waals surface area contributed by atoms with E-state index in [0.29, 0.717) is 18.2 Å². The van der Waals surface area contributed by atoms with Gasteiger partial charge < -0.3 is 10.6 Å². The van der Waals surface area contributed by atoms with Gasteiger partial charge >= 0.3 is 0 Å². The van der Waals surface area contributed by atoms with Crippen LogP contribution in [0.3, 0.4) is 0 Å². The fraction of sp³-hybridized carbons (Fsp3) is 0.562. The van der Waals surface area contributed by atoms with Crippen molar-refractivity contribution in [1.82, 2.24) is 10.2 Å². The van der Waals surface area contributed by atoms with Gasteiger partial charge in [-0.25, -0.2) is 4.39 Å². The summed E-state index contributed by atoms with van der Waals surface area (Å²) in [6, 6.07) is 4.20. The largest absolute Gasteiger partial charge is 0.325 e. The first-order valence-corrected chi connectivity index (χ1v) is 8.14. The number of nitrogens with zero attached hydrogens (tertiary/aromatic N) is 1. The maximum Gasteiger partial charge on any atom is 0.238 e. The summed E-state index contributed by atoms with van der Waals surface area (Å²) in [6.07, 6.45) is 2.23. The number of hydrogen-bond donors (Lipinski definition) is 2. The molecule has 0 unspecified atom stereocenters. The van der Waals surface area contributed by atoms with Crippen molar-refractivity contribution in [3.63, 3.8) is 0 Å². The third-order valence-electron chi connectivity index (χ3n) is 3.96. The van der Waals surface area contributed by atoms with Crippen molar-refractivity contribution in [1.29, 1.82) is 0 Å². The minimum absolute atomic E-state index is 0.0158. The summed E-state index contributed by atoms with van der Waals surface area (Å²) in [4.78, 5) is 14.2. The Morgan fingerprint density at radius 3 is 2.77 bits per heavy atom. The highest BCUT2D eigenvalue weighted by molar-refractivity contribution is 6.31. The number of piperidine rings is 1. The van der Waals surface area contributed by atoms with Gasteiger partial charge in [0.2, 0.25) is 5.91 Å². The van der Waals surface area contributed by atoms with E-state index in [1.54, 1.807) is 0 Å². The molecule has 0 spiro atoms. The van der Waals surface area contributed by atoms with Crippen LogP contribution in [0.1, 0.15) is 19.8 Å². The first-order chi connectivity index (χ1) is 10.6. The summed E-state index contributed by atoms with van der Waals surface area (Å²) in [6.45, 7) is 6.42. The van der Waals surface area contributed by atoms with Crippen LogP contribution in [0.4, 0.5) is 10.1 Å². The van der Waals surface area contributed by atoms with Gasteiger partial charge in [0.25, 0.3) is 0 Å². The van der Waals surface area contributed by atoms with Gasteiger partial charge in [-0.3, -0.25) is 9.69 Å². The molecular weight excluding hydrogens is 305 g/mol.